The lowest BCUT2D eigenvalue weighted by Gasteiger charge is -2.20. The van der Waals surface area contributed by atoms with Gasteiger partial charge in [0.2, 0.25) is 5.91 Å². The van der Waals surface area contributed by atoms with Crippen LogP contribution in [0.2, 0.25) is 0 Å². The number of amides is 1. The van der Waals surface area contributed by atoms with Gasteiger partial charge in [-0.25, -0.2) is 8.42 Å². The lowest BCUT2D eigenvalue weighted by molar-refractivity contribution is -0.122. The fraction of sp³-hybridized carbons (Fsp3) is 0.375. The van der Waals surface area contributed by atoms with Crippen molar-refractivity contribution >= 4 is 39.3 Å². The van der Waals surface area contributed by atoms with Crippen molar-refractivity contribution in [2.75, 3.05) is 4.72 Å². The Bertz CT molecular complexity index is 1160. The largest absolute Gasteiger partial charge is 0.352 e. The van der Waals surface area contributed by atoms with Crippen molar-refractivity contribution in [2.45, 2.75) is 56.4 Å². The van der Waals surface area contributed by atoms with Crippen LogP contribution in [0.1, 0.15) is 61.4 Å². The molecule has 1 aliphatic carbocycles. The van der Waals surface area contributed by atoms with Gasteiger partial charge in [0.25, 0.3) is 10.0 Å². The quantitative estimate of drug-likeness (QED) is 0.640. The SMILES string of the molecule is CC(C)c1ccc(NS(=O)(=O)c2ccc3c(c2)C(=O)C(C(=O)NC2CCCC2)C=N3)cc1. The number of nitrogens with one attached hydrogen (secondary N) is 2. The molecule has 0 bridgehead atoms. The highest BCUT2D eigenvalue weighted by molar-refractivity contribution is 7.92. The summed E-state index contributed by atoms with van der Waals surface area (Å²) in [5.74, 6) is -1.53. The van der Waals surface area contributed by atoms with Crippen LogP contribution in [0.3, 0.4) is 0 Å². The first-order valence-electron chi connectivity index (χ1n) is 10.9. The number of aliphatic imine (C=N–C) groups is 1. The van der Waals surface area contributed by atoms with Gasteiger partial charge in [0.15, 0.2) is 5.78 Å². The molecule has 1 aliphatic heterocycles. The van der Waals surface area contributed by atoms with E-state index < -0.39 is 21.7 Å². The van der Waals surface area contributed by atoms with Gasteiger partial charge in [-0.1, -0.05) is 38.8 Å². The molecule has 4 rings (SSSR count). The molecule has 7 nitrogen and oxygen atoms in total. The van der Waals surface area contributed by atoms with E-state index in [1.54, 1.807) is 12.1 Å². The molecule has 168 valence electrons. The number of carbonyl (C=O) groups is 2. The van der Waals surface area contributed by atoms with E-state index in [1.807, 2.05) is 12.1 Å². The molecule has 32 heavy (non-hydrogen) atoms. The minimum Gasteiger partial charge on any atom is -0.352 e. The second-order valence-corrected chi connectivity index (χ2v) is 10.4. The van der Waals surface area contributed by atoms with Gasteiger partial charge in [0.1, 0.15) is 5.92 Å². The first-order valence-corrected chi connectivity index (χ1v) is 12.4. The minimum atomic E-state index is -3.91. The third kappa shape index (κ3) is 4.60. The fourth-order valence-electron chi connectivity index (χ4n) is 4.08. The molecule has 2 aliphatic rings. The predicted octanol–water partition coefficient (Wildman–Crippen LogP) is 4.18. The summed E-state index contributed by atoms with van der Waals surface area (Å²) in [5.41, 5.74) is 2.04. The summed E-state index contributed by atoms with van der Waals surface area (Å²) < 4.78 is 28.4. The molecule has 1 fully saturated rings. The van der Waals surface area contributed by atoms with Gasteiger partial charge in [-0.2, -0.15) is 0 Å². The maximum absolute atomic E-state index is 13.0. The van der Waals surface area contributed by atoms with Gasteiger partial charge in [-0.3, -0.25) is 19.3 Å². The van der Waals surface area contributed by atoms with Crippen LogP contribution in [0.4, 0.5) is 11.4 Å². The number of benzene rings is 2. The Morgan fingerprint density at radius 2 is 1.75 bits per heavy atom. The Labute approximate surface area is 188 Å². The summed E-state index contributed by atoms with van der Waals surface area (Å²) in [6.07, 6.45) is 5.29. The summed E-state index contributed by atoms with van der Waals surface area (Å²) in [5, 5.41) is 2.92. The topological polar surface area (TPSA) is 105 Å². The summed E-state index contributed by atoms with van der Waals surface area (Å²) in [6, 6.07) is 11.5. The number of nitrogens with zero attached hydrogens (tertiary/aromatic N) is 1. The van der Waals surface area contributed by atoms with Gasteiger partial charge in [-0.15, -0.1) is 0 Å². The van der Waals surface area contributed by atoms with E-state index in [9.17, 15) is 18.0 Å². The average Bonchev–Trinajstić information content (AvgIpc) is 3.27. The van der Waals surface area contributed by atoms with Crippen LogP contribution in [0, 0.1) is 5.92 Å². The molecule has 8 heteroatoms. The monoisotopic (exact) mass is 453 g/mol. The zero-order valence-electron chi connectivity index (χ0n) is 18.2. The molecule has 1 amide bonds. The van der Waals surface area contributed by atoms with Crippen molar-refractivity contribution in [3.8, 4) is 0 Å². The molecule has 1 saturated carbocycles. The van der Waals surface area contributed by atoms with Crippen molar-refractivity contribution in [3.05, 3.63) is 53.6 Å². The van der Waals surface area contributed by atoms with Crippen LogP contribution in [-0.2, 0) is 14.8 Å². The van der Waals surface area contributed by atoms with Crippen molar-refractivity contribution < 1.29 is 18.0 Å². The first-order chi connectivity index (χ1) is 15.2. The van der Waals surface area contributed by atoms with Crippen molar-refractivity contribution in [1.82, 2.24) is 5.32 Å². The van der Waals surface area contributed by atoms with E-state index >= 15 is 0 Å². The van der Waals surface area contributed by atoms with E-state index in [-0.39, 0.29) is 22.4 Å². The number of hydrogen-bond donors (Lipinski definition) is 2. The molecule has 0 aromatic heterocycles. The molecule has 2 aromatic rings. The maximum Gasteiger partial charge on any atom is 0.261 e. The molecule has 1 unspecified atom stereocenters. The molecule has 1 atom stereocenters. The molecule has 0 saturated heterocycles. The van der Waals surface area contributed by atoms with E-state index in [1.165, 1.54) is 24.4 Å². The van der Waals surface area contributed by atoms with Gasteiger partial charge in [0.05, 0.1) is 10.6 Å². The molecule has 0 radical (unpaired) electrons. The summed E-state index contributed by atoms with van der Waals surface area (Å²) in [4.78, 5) is 29.8. The predicted molar refractivity (Wildman–Crippen MR) is 124 cm³/mol. The highest BCUT2D eigenvalue weighted by Gasteiger charge is 2.33. The standard InChI is InChI=1S/C24H27N3O4S/c1-15(2)16-7-9-18(10-8-16)27-32(30,31)19-11-12-22-20(13-19)23(28)21(14-25-22)24(29)26-17-5-3-4-6-17/h7-15,17,21,27H,3-6H2,1-2H3,(H,26,29). The van der Waals surface area contributed by atoms with Crippen LogP contribution >= 0.6 is 0 Å². The first kappa shape index (κ1) is 22.2. The van der Waals surface area contributed by atoms with Gasteiger partial charge >= 0.3 is 0 Å². The number of sulfonamides is 1. The van der Waals surface area contributed by atoms with E-state index in [0.717, 1.165) is 31.2 Å². The Hall–Kier alpha value is -3.00. The number of rotatable bonds is 6. The second kappa shape index (κ2) is 8.86. The summed E-state index contributed by atoms with van der Waals surface area (Å²) in [7, 11) is -3.91. The average molecular weight is 454 g/mol. The molecule has 2 aromatic carbocycles. The summed E-state index contributed by atoms with van der Waals surface area (Å²) >= 11 is 0. The van der Waals surface area contributed by atoms with E-state index in [2.05, 4.69) is 28.9 Å². The second-order valence-electron chi connectivity index (χ2n) is 8.67. The van der Waals surface area contributed by atoms with E-state index in [4.69, 9.17) is 0 Å². The normalized spacial score (nSPS) is 18.6. The number of fused-ring (bicyclic) bond motifs is 1. The smallest absolute Gasteiger partial charge is 0.261 e. The minimum absolute atomic E-state index is 0.0513. The Kier molecular flexibility index (Phi) is 6.15. The van der Waals surface area contributed by atoms with Crippen LogP contribution < -0.4 is 10.0 Å². The number of anilines is 1. The van der Waals surface area contributed by atoms with Gasteiger partial charge in [-0.05, 0) is 54.7 Å². The molecular formula is C24H27N3O4S. The van der Waals surface area contributed by atoms with Gasteiger partial charge in [0, 0.05) is 23.5 Å². The fourth-order valence-corrected chi connectivity index (χ4v) is 5.16. The highest BCUT2D eigenvalue weighted by Crippen LogP contribution is 2.30. The zero-order valence-corrected chi connectivity index (χ0v) is 19.0. The zero-order chi connectivity index (χ0) is 22.9. The Morgan fingerprint density at radius 1 is 1.06 bits per heavy atom. The molecule has 1 heterocycles. The molecule has 0 spiro atoms. The number of carbonyl (C=O) groups excluding carboxylic acids is 2. The molecular weight excluding hydrogens is 426 g/mol. The summed E-state index contributed by atoms with van der Waals surface area (Å²) in [6.45, 7) is 4.13. The molecule has 2 N–H and O–H groups in total. The third-order valence-electron chi connectivity index (χ3n) is 6.00. The van der Waals surface area contributed by atoms with Crippen LogP contribution in [0.15, 0.2) is 52.4 Å². The Balaban J connectivity index is 1.54. The van der Waals surface area contributed by atoms with Crippen LogP contribution in [0.5, 0.6) is 0 Å². The Morgan fingerprint density at radius 3 is 2.41 bits per heavy atom. The van der Waals surface area contributed by atoms with Crippen LogP contribution in [0.25, 0.3) is 0 Å². The van der Waals surface area contributed by atoms with Gasteiger partial charge < -0.3 is 5.32 Å². The lowest BCUT2D eigenvalue weighted by Crippen LogP contribution is -2.42. The number of Topliss-reactive ketones (excluding diaryl/α,β-unsaturated/α-hetero) is 1. The highest BCUT2D eigenvalue weighted by atomic mass is 32.2. The number of hydrogen-bond acceptors (Lipinski definition) is 5. The third-order valence-corrected chi connectivity index (χ3v) is 7.38. The lowest BCUT2D eigenvalue weighted by atomic mass is 9.93. The number of ketones is 1. The maximum atomic E-state index is 13.0. The van der Waals surface area contributed by atoms with Crippen LogP contribution in [-0.4, -0.2) is 32.4 Å². The van der Waals surface area contributed by atoms with Crippen molar-refractivity contribution in [1.29, 1.82) is 0 Å². The van der Waals surface area contributed by atoms with Crippen molar-refractivity contribution in [2.24, 2.45) is 10.9 Å². The van der Waals surface area contributed by atoms with Crippen molar-refractivity contribution in [3.63, 3.8) is 0 Å². The van der Waals surface area contributed by atoms with E-state index in [0.29, 0.717) is 17.3 Å².